The average Bonchev–Trinajstić information content (AvgIpc) is 3.10. The molecular weight excluding hydrogens is 422 g/mol. The van der Waals surface area contributed by atoms with E-state index in [0.29, 0.717) is 62.8 Å². The minimum atomic E-state index is -1.01. The fourth-order valence-corrected chi connectivity index (χ4v) is 4.26. The van der Waals surface area contributed by atoms with Crippen molar-refractivity contribution in [2.45, 2.75) is 64.9 Å². The number of likely N-dealkylation sites (tertiary alicyclic amines) is 1. The molecule has 1 amide bonds. The van der Waals surface area contributed by atoms with Crippen LogP contribution in [0.25, 0.3) is 21.9 Å². The number of ether oxygens (including phenoxy) is 2. The van der Waals surface area contributed by atoms with Crippen molar-refractivity contribution in [3.63, 3.8) is 0 Å². The Morgan fingerprint density at radius 1 is 1.21 bits per heavy atom. The lowest BCUT2D eigenvalue weighted by atomic mass is 9.91. The highest BCUT2D eigenvalue weighted by molar-refractivity contribution is 6.06. The molecular formula is C24H33N5O4. The number of rotatable bonds is 5. The van der Waals surface area contributed by atoms with Gasteiger partial charge in [0.25, 0.3) is 0 Å². The molecule has 0 radical (unpaired) electrons. The summed E-state index contributed by atoms with van der Waals surface area (Å²) < 4.78 is 13.2. The van der Waals surface area contributed by atoms with E-state index < -0.39 is 11.2 Å². The largest absolute Gasteiger partial charge is 0.444 e. The molecule has 4 rings (SSSR count). The summed E-state index contributed by atoms with van der Waals surface area (Å²) in [4.78, 5) is 23.3. The van der Waals surface area contributed by atoms with Crippen molar-refractivity contribution >= 4 is 33.8 Å². The number of hydrogen-bond acceptors (Lipinski definition) is 7. The number of pyridine rings is 1. The first-order valence-electron chi connectivity index (χ1n) is 11.4. The molecule has 0 saturated carbocycles. The van der Waals surface area contributed by atoms with Gasteiger partial charge in [-0.25, -0.2) is 14.8 Å². The van der Waals surface area contributed by atoms with Crippen LogP contribution in [-0.4, -0.2) is 61.5 Å². The molecule has 1 saturated heterocycles. The van der Waals surface area contributed by atoms with Crippen molar-refractivity contribution in [3.8, 4) is 0 Å². The maximum absolute atomic E-state index is 12.4. The molecule has 1 aromatic carbocycles. The minimum Gasteiger partial charge on any atom is -0.444 e. The molecule has 1 aliphatic rings. The number of piperidine rings is 1. The lowest BCUT2D eigenvalue weighted by molar-refractivity contribution is -0.0417. The summed E-state index contributed by atoms with van der Waals surface area (Å²) in [6.07, 6.45) is 0.510. The van der Waals surface area contributed by atoms with Gasteiger partial charge in [-0.1, -0.05) is 18.2 Å². The molecule has 9 heteroatoms. The van der Waals surface area contributed by atoms with Crippen LogP contribution in [0.4, 0.5) is 10.6 Å². The van der Waals surface area contributed by atoms with Gasteiger partial charge in [-0.15, -0.1) is 0 Å². The van der Waals surface area contributed by atoms with Crippen molar-refractivity contribution in [1.29, 1.82) is 0 Å². The van der Waals surface area contributed by atoms with E-state index in [-0.39, 0.29) is 6.09 Å². The summed E-state index contributed by atoms with van der Waals surface area (Å²) in [6, 6.07) is 7.77. The summed E-state index contributed by atoms with van der Waals surface area (Å²) in [6.45, 7) is 9.48. The second-order valence-corrected chi connectivity index (χ2v) is 9.65. The van der Waals surface area contributed by atoms with Gasteiger partial charge in [0, 0.05) is 25.1 Å². The topological polar surface area (TPSA) is 116 Å². The van der Waals surface area contributed by atoms with E-state index in [1.165, 1.54) is 0 Å². The molecule has 3 N–H and O–H groups in total. The number of imidazole rings is 1. The van der Waals surface area contributed by atoms with Gasteiger partial charge in [-0.3, -0.25) is 0 Å². The fourth-order valence-electron chi connectivity index (χ4n) is 4.26. The number of nitrogens with two attached hydrogens (primary N) is 1. The number of aromatic nitrogens is 3. The zero-order valence-corrected chi connectivity index (χ0v) is 19.8. The van der Waals surface area contributed by atoms with Gasteiger partial charge in [-0.05, 0) is 46.6 Å². The summed E-state index contributed by atoms with van der Waals surface area (Å²) in [7, 11) is 0. The maximum atomic E-state index is 12.4. The van der Waals surface area contributed by atoms with Crippen LogP contribution in [0.15, 0.2) is 24.3 Å². The summed E-state index contributed by atoms with van der Waals surface area (Å²) >= 11 is 0. The third-order valence-electron chi connectivity index (χ3n) is 5.92. The number of nitrogens with zero attached hydrogens (tertiary/aromatic N) is 4. The maximum Gasteiger partial charge on any atom is 0.410 e. The van der Waals surface area contributed by atoms with E-state index in [2.05, 4.69) is 4.98 Å². The summed E-state index contributed by atoms with van der Waals surface area (Å²) in [5, 5.41) is 12.4. The van der Waals surface area contributed by atoms with E-state index in [1.54, 1.807) is 4.90 Å². The van der Waals surface area contributed by atoms with Gasteiger partial charge in [0.2, 0.25) is 0 Å². The fraction of sp³-hybridized carbons (Fsp3) is 0.542. The number of carbonyl (C=O) groups excluding carboxylic acids is 1. The van der Waals surface area contributed by atoms with Crippen molar-refractivity contribution < 1.29 is 19.4 Å². The van der Waals surface area contributed by atoms with Gasteiger partial charge >= 0.3 is 6.09 Å². The van der Waals surface area contributed by atoms with Crippen molar-refractivity contribution in [2.24, 2.45) is 0 Å². The van der Waals surface area contributed by atoms with Gasteiger partial charge in [0.1, 0.15) is 23.5 Å². The number of hydrogen-bond donors (Lipinski definition) is 2. The van der Waals surface area contributed by atoms with E-state index in [1.807, 2.05) is 56.5 Å². The number of amides is 1. The lowest BCUT2D eigenvalue weighted by Gasteiger charge is -2.39. The van der Waals surface area contributed by atoms with E-state index in [9.17, 15) is 9.90 Å². The van der Waals surface area contributed by atoms with Crippen LogP contribution in [0.3, 0.4) is 0 Å². The van der Waals surface area contributed by atoms with Crippen LogP contribution < -0.4 is 5.73 Å². The molecule has 1 fully saturated rings. The Morgan fingerprint density at radius 3 is 2.58 bits per heavy atom. The smallest absolute Gasteiger partial charge is 0.410 e. The first kappa shape index (κ1) is 23.3. The van der Waals surface area contributed by atoms with Crippen molar-refractivity contribution in [1.82, 2.24) is 19.4 Å². The Kier molecular flexibility index (Phi) is 6.20. The normalized spacial score (nSPS) is 16.5. The SMILES string of the molecule is CCOCc1nc2c(N)nc3ccccc3c2n1CC1(O)CCN(C(=O)OC(C)(C)C)CC1. The highest BCUT2D eigenvalue weighted by atomic mass is 16.6. The summed E-state index contributed by atoms with van der Waals surface area (Å²) in [5.74, 6) is 1.05. The number of carbonyl (C=O) groups is 1. The Hall–Kier alpha value is -2.91. The molecule has 9 nitrogen and oxygen atoms in total. The summed E-state index contributed by atoms with van der Waals surface area (Å²) in [5.41, 5.74) is 6.92. The molecule has 0 atom stereocenters. The monoisotopic (exact) mass is 455 g/mol. The molecule has 3 aromatic rings. The Morgan fingerprint density at radius 2 is 1.91 bits per heavy atom. The van der Waals surface area contributed by atoms with Gasteiger partial charge in [0.15, 0.2) is 5.82 Å². The lowest BCUT2D eigenvalue weighted by Crippen LogP contribution is -2.49. The van der Waals surface area contributed by atoms with Crippen LogP contribution in [0.1, 0.15) is 46.4 Å². The molecule has 0 unspecified atom stereocenters. The van der Waals surface area contributed by atoms with Crippen LogP contribution in [0.2, 0.25) is 0 Å². The third kappa shape index (κ3) is 4.89. The molecule has 2 aromatic heterocycles. The number of fused-ring (bicyclic) bond motifs is 3. The van der Waals surface area contributed by atoms with E-state index >= 15 is 0 Å². The predicted octanol–water partition coefficient (Wildman–Crippen LogP) is 3.47. The van der Waals surface area contributed by atoms with Crippen LogP contribution >= 0.6 is 0 Å². The quantitative estimate of drug-likeness (QED) is 0.605. The first-order chi connectivity index (χ1) is 15.6. The first-order valence-corrected chi connectivity index (χ1v) is 11.4. The molecule has 178 valence electrons. The number of aliphatic hydroxyl groups is 1. The predicted molar refractivity (Wildman–Crippen MR) is 127 cm³/mol. The molecule has 3 heterocycles. The number of nitrogen functional groups attached to an aromatic ring is 1. The van der Waals surface area contributed by atoms with Crippen LogP contribution in [0.5, 0.6) is 0 Å². The molecule has 1 aliphatic heterocycles. The molecule has 0 spiro atoms. The Balaban J connectivity index is 1.66. The molecule has 0 bridgehead atoms. The highest BCUT2D eigenvalue weighted by Crippen LogP contribution is 2.33. The van der Waals surface area contributed by atoms with E-state index in [4.69, 9.17) is 20.2 Å². The second kappa shape index (κ2) is 8.79. The zero-order chi connectivity index (χ0) is 23.8. The van der Waals surface area contributed by atoms with Crippen molar-refractivity contribution in [2.75, 3.05) is 25.4 Å². The second-order valence-electron chi connectivity index (χ2n) is 9.65. The average molecular weight is 456 g/mol. The van der Waals surface area contributed by atoms with Gasteiger partial charge in [-0.2, -0.15) is 0 Å². The Labute approximate surface area is 193 Å². The van der Waals surface area contributed by atoms with E-state index in [0.717, 1.165) is 16.4 Å². The number of benzene rings is 1. The van der Waals surface area contributed by atoms with Crippen LogP contribution in [0, 0.1) is 0 Å². The van der Waals surface area contributed by atoms with Crippen LogP contribution in [-0.2, 0) is 22.6 Å². The molecule has 0 aliphatic carbocycles. The van der Waals surface area contributed by atoms with Gasteiger partial charge < -0.3 is 29.8 Å². The highest BCUT2D eigenvalue weighted by Gasteiger charge is 2.37. The van der Waals surface area contributed by atoms with Gasteiger partial charge in [0.05, 0.1) is 23.2 Å². The zero-order valence-electron chi connectivity index (χ0n) is 19.8. The Bertz CT molecular complexity index is 1160. The number of anilines is 1. The standard InChI is InChI=1S/C24H33N5O4/c1-5-32-14-18-27-19-20(16-8-6-7-9-17(16)26-21(19)25)29(18)15-24(31)10-12-28(13-11-24)22(30)33-23(2,3)4/h6-9,31H,5,10-15H2,1-4H3,(H2,25,26). The third-order valence-corrected chi connectivity index (χ3v) is 5.92. The minimum absolute atomic E-state index is 0.305. The van der Waals surface area contributed by atoms with Crippen molar-refractivity contribution in [3.05, 3.63) is 30.1 Å². The molecule has 33 heavy (non-hydrogen) atoms. The number of para-hydroxylation sites is 1.